The Kier molecular flexibility index (Phi) is 5.16. The summed E-state index contributed by atoms with van der Waals surface area (Å²) in [6.07, 6.45) is 1.53. The molecule has 0 aliphatic heterocycles. The van der Waals surface area contributed by atoms with E-state index in [9.17, 15) is 13.2 Å². The number of aryl methyl sites for hydroxylation is 2. The third-order valence-corrected chi connectivity index (χ3v) is 4.34. The SMILES string of the molecule is CCC(C(=O)NC)N(c1cc(C)ccc1C)S(C)(=O)=O. The lowest BCUT2D eigenvalue weighted by atomic mass is 10.1. The first-order valence-corrected chi connectivity index (χ1v) is 8.35. The summed E-state index contributed by atoms with van der Waals surface area (Å²) in [6.45, 7) is 5.52. The molecule has 0 spiro atoms. The van der Waals surface area contributed by atoms with E-state index in [0.29, 0.717) is 12.1 Å². The average Bonchev–Trinajstić information content (AvgIpc) is 2.36. The van der Waals surface area contributed by atoms with E-state index in [0.717, 1.165) is 17.4 Å². The van der Waals surface area contributed by atoms with Gasteiger partial charge in [0.1, 0.15) is 6.04 Å². The first-order chi connectivity index (χ1) is 9.22. The highest BCUT2D eigenvalue weighted by Crippen LogP contribution is 2.27. The molecule has 0 aliphatic rings. The molecule has 0 aromatic heterocycles. The minimum atomic E-state index is -3.55. The predicted octanol–water partition coefficient (Wildman–Crippen LogP) is 1.59. The van der Waals surface area contributed by atoms with Gasteiger partial charge < -0.3 is 5.32 Å². The molecule has 1 unspecified atom stereocenters. The van der Waals surface area contributed by atoms with Crippen LogP contribution in [0, 0.1) is 13.8 Å². The molecule has 112 valence electrons. The third kappa shape index (κ3) is 3.50. The monoisotopic (exact) mass is 298 g/mol. The van der Waals surface area contributed by atoms with Crippen molar-refractivity contribution in [1.82, 2.24) is 5.32 Å². The van der Waals surface area contributed by atoms with Crippen LogP contribution >= 0.6 is 0 Å². The molecule has 0 bridgehead atoms. The Morgan fingerprint density at radius 3 is 2.40 bits per heavy atom. The van der Waals surface area contributed by atoms with Crippen molar-refractivity contribution in [2.24, 2.45) is 0 Å². The molecule has 0 radical (unpaired) electrons. The number of nitrogens with one attached hydrogen (secondary N) is 1. The summed E-state index contributed by atoms with van der Waals surface area (Å²) in [6, 6.07) is 4.83. The van der Waals surface area contributed by atoms with Crippen LogP contribution in [-0.4, -0.2) is 33.7 Å². The standard InChI is InChI=1S/C14H22N2O3S/c1-6-12(14(17)15-4)16(20(5,18)19)13-9-10(2)7-8-11(13)3/h7-9,12H,6H2,1-5H3,(H,15,17). The summed E-state index contributed by atoms with van der Waals surface area (Å²) in [5.74, 6) is -0.307. The molecular formula is C14H22N2O3S. The van der Waals surface area contributed by atoms with Crippen LogP contribution in [0.1, 0.15) is 24.5 Å². The van der Waals surface area contributed by atoms with Gasteiger partial charge in [-0.25, -0.2) is 8.42 Å². The Balaban J connectivity index is 3.47. The zero-order valence-corrected chi connectivity index (χ0v) is 13.4. The summed E-state index contributed by atoms with van der Waals surface area (Å²) < 4.78 is 25.5. The van der Waals surface area contributed by atoms with Crippen molar-refractivity contribution in [3.63, 3.8) is 0 Å². The fourth-order valence-electron chi connectivity index (χ4n) is 2.16. The molecule has 0 heterocycles. The van der Waals surface area contributed by atoms with Gasteiger partial charge in [-0.15, -0.1) is 0 Å². The lowest BCUT2D eigenvalue weighted by Gasteiger charge is -2.31. The van der Waals surface area contributed by atoms with Gasteiger partial charge in [0.05, 0.1) is 11.9 Å². The predicted molar refractivity (Wildman–Crippen MR) is 81.4 cm³/mol. The summed E-state index contributed by atoms with van der Waals surface area (Å²) in [4.78, 5) is 12.0. The number of likely N-dealkylation sites (N-methyl/N-ethyl adjacent to an activating group) is 1. The topological polar surface area (TPSA) is 66.5 Å². The quantitative estimate of drug-likeness (QED) is 0.898. The number of amides is 1. The molecule has 5 nitrogen and oxygen atoms in total. The molecule has 0 fully saturated rings. The van der Waals surface area contributed by atoms with E-state index in [1.165, 1.54) is 11.4 Å². The Morgan fingerprint density at radius 1 is 1.35 bits per heavy atom. The smallest absolute Gasteiger partial charge is 0.243 e. The summed E-state index contributed by atoms with van der Waals surface area (Å²) >= 11 is 0. The van der Waals surface area contributed by atoms with Crippen molar-refractivity contribution in [3.05, 3.63) is 29.3 Å². The fraction of sp³-hybridized carbons (Fsp3) is 0.500. The molecule has 0 aliphatic carbocycles. The van der Waals surface area contributed by atoms with E-state index in [4.69, 9.17) is 0 Å². The highest BCUT2D eigenvalue weighted by atomic mass is 32.2. The fourth-order valence-corrected chi connectivity index (χ4v) is 3.42. The zero-order chi connectivity index (χ0) is 15.5. The first kappa shape index (κ1) is 16.5. The van der Waals surface area contributed by atoms with Gasteiger partial charge >= 0.3 is 0 Å². The molecule has 1 amide bonds. The van der Waals surface area contributed by atoms with Gasteiger partial charge in [-0.05, 0) is 37.5 Å². The van der Waals surface area contributed by atoms with Gasteiger partial charge in [0.15, 0.2) is 0 Å². The highest BCUT2D eigenvalue weighted by molar-refractivity contribution is 7.92. The van der Waals surface area contributed by atoms with E-state index < -0.39 is 16.1 Å². The maximum absolute atomic E-state index is 12.2. The molecule has 1 atom stereocenters. The van der Waals surface area contributed by atoms with Crippen molar-refractivity contribution in [3.8, 4) is 0 Å². The van der Waals surface area contributed by atoms with Crippen LogP contribution in [0.2, 0.25) is 0 Å². The van der Waals surface area contributed by atoms with Crippen molar-refractivity contribution in [2.75, 3.05) is 17.6 Å². The number of carbonyl (C=O) groups is 1. The Labute approximate surface area is 121 Å². The van der Waals surface area contributed by atoms with Crippen LogP contribution in [0.3, 0.4) is 0 Å². The van der Waals surface area contributed by atoms with Crippen LogP contribution in [0.15, 0.2) is 18.2 Å². The first-order valence-electron chi connectivity index (χ1n) is 6.50. The molecule has 6 heteroatoms. The number of carbonyl (C=O) groups excluding carboxylic acids is 1. The molecule has 1 rings (SSSR count). The van der Waals surface area contributed by atoms with Crippen LogP contribution in [-0.2, 0) is 14.8 Å². The molecular weight excluding hydrogens is 276 g/mol. The second-order valence-corrected chi connectivity index (χ2v) is 6.75. The summed E-state index contributed by atoms with van der Waals surface area (Å²) in [7, 11) is -2.04. The van der Waals surface area contributed by atoms with Crippen molar-refractivity contribution < 1.29 is 13.2 Å². The second kappa shape index (κ2) is 6.26. The Morgan fingerprint density at radius 2 is 1.95 bits per heavy atom. The van der Waals surface area contributed by atoms with Gasteiger partial charge in [-0.1, -0.05) is 19.1 Å². The van der Waals surface area contributed by atoms with E-state index >= 15 is 0 Å². The van der Waals surface area contributed by atoms with Crippen molar-refractivity contribution in [1.29, 1.82) is 0 Å². The van der Waals surface area contributed by atoms with Crippen LogP contribution in [0.5, 0.6) is 0 Å². The van der Waals surface area contributed by atoms with Crippen LogP contribution < -0.4 is 9.62 Å². The molecule has 0 saturated heterocycles. The van der Waals surface area contributed by atoms with E-state index in [1.54, 1.807) is 13.0 Å². The molecule has 1 aromatic rings. The van der Waals surface area contributed by atoms with Crippen molar-refractivity contribution in [2.45, 2.75) is 33.2 Å². The average molecular weight is 298 g/mol. The van der Waals surface area contributed by atoms with Gasteiger partial charge in [-0.3, -0.25) is 9.10 Å². The molecule has 1 N–H and O–H groups in total. The van der Waals surface area contributed by atoms with Gasteiger partial charge in [0.25, 0.3) is 0 Å². The normalized spacial score (nSPS) is 12.8. The van der Waals surface area contributed by atoms with Gasteiger partial charge in [0.2, 0.25) is 15.9 Å². The van der Waals surface area contributed by atoms with E-state index in [-0.39, 0.29) is 5.91 Å². The maximum Gasteiger partial charge on any atom is 0.243 e. The summed E-state index contributed by atoms with van der Waals surface area (Å²) in [5.41, 5.74) is 2.33. The minimum Gasteiger partial charge on any atom is -0.357 e. The lowest BCUT2D eigenvalue weighted by Crippen LogP contribution is -2.48. The number of sulfonamides is 1. The lowest BCUT2D eigenvalue weighted by molar-refractivity contribution is -0.121. The maximum atomic E-state index is 12.2. The third-order valence-electron chi connectivity index (χ3n) is 3.18. The minimum absolute atomic E-state index is 0.307. The largest absolute Gasteiger partial charge is 0.357 e. The molecule has 0 saturated carbocycles. The van der Waals surface area contributed by atoms with E-state index in [1.807, 2.05) is 26.0 Å². The summed E-state index contributed by atoms with van der Waals surface area (Å²) in [5, 5.41) is 2.53. The van der Waals surface area contributed by atoms with Crippen LogP contribution in [0.4, 0.5) is 5.69 Å². The van der Waals surface area contributed by atoms with E-state index in [2.05, 4.69) is 5.32 Å². The number of nitrogens with zero attached hydrogens (tertiary/aromatic N) is 1. The van der Waals surface area contributed by atoms with Crippen molar-refractivity contribution >= 4 is 21.6 Å². The number of hydrogen-bond donors (Lipinski definition) is 1. The Hall–Kier alpha value is -1.56. The number of benzene rings is 1. The number of rotatable bonds is 5. The number of anilines is 1. The van der Waals surface area contributed by atoms with Gasteiger partial charge in [0, 0.05) is 7.05 Å². The second-order valence-electron chi connectivity index (χ2n) is 4.89. The highest BCUT2D eigenvalue weighted by Gasteiger charge is 2.31. The Bertz CT molecular complexity index is 596. The molecule has 1 aromatic carbocycles. The van der Waals surface area contributed by atoms with Gasteiger partial charge in [-0.2, -0.15) is 0 Å². The number of hydrogen-bond acceptors (Lipinski definition) is 3. The molecule has 20 heavy (non-hydrogen) atoms. The zero-order valence-electron chi connectivity index (χ0n) is 12.6. The van der Waals surface area contributed by atoms with Crippen LogP contribution in [0.25, 0.3) is 0 Å².